The Morgan fingerprint density at radius 2 is 0.788 bits per heavy atom. The van der Waals surface area contributed by atoms with Crippen LogP contribution in [0.2, 0.25) is 0 Å². The Kier molecular flexibility index (Phi) is 7.87. The lowest BCUT2D eigenvalue weighted by molar-refractivity contribution is -0.353. The first-order valence-electron chi connectivity index (χ1n) is 6.87. The van der Waals surface area contributed by atoms with Crippen molar-refractivity contribution in [2.24, 2.45) is 5.92 Å². The smallest absolute Gasteiger partial charge is 0.369 e. The molecule has 0 aliphatic rings. The maximum atomic E-state index is 13.9. The van der Waals surface area contributed by atoms with Crippen LogP contribution < -0.4 is 0 Å². The Labute approximate surface area is 165 Å². The van der Waals surface area contributed by atoms with Crippen LogP contribution in [0, 0.1) is 5.92 Å². The highest BCUT2D eigenvalue weighted by molar-refractivity contribution is 5.46. The number of halogens is 20. The van der Waals surface area contributed by atoms with Gasteiger partial charge in [-0.1, -0.05) is 0 Å². The summed E-state index contributed by atoms with van der Waals surface area (Å²) in [5.41, 5.74) is -18.3. The van der Waals surface area contributed by atoms with Gasteiger partial charge in [0.25, 0.3) is 5.60 Å². The number of aliphatic hydroxyl groups is 1. The minimum absolute atomic E-state index is 5.21. The van der Waals surface area contributed by atoms with Gasteiger partial charge in [0.2, 0.25) is 5.92 Å². The fourth-order valence-electron chi connectivity index (χ4n) is 2.03. The van der Waals surface area contributed by atoms with Crippen LogP contribution in [0.25, 0.3) is 0 Å². The first-order chi connectivity index (χ1) is 13.9. The van der Waals surface area contributed by atoms with Crippen molar-refractivity contribution in [3.05, 3.63) is 22.8 Å². The van der Waals surface area contributed by atoms with Gasteiger partial charge in [0, 0.05) is 0 Å². The van der Waals surface area contributed by atoms with Crippen LogP contribution in [0.15, 0.2) is 22.8 Å². The van der Waals surface area contributed by atoms with Crippen LogP contribution in [0.1, 0.15) is 0 Å². The van der Waals surface area contributed by atoms with E-state index in [1.54, 1.807) is 0 Å². The number of hydrogen-bond acceptors (Lipinski definition) is 1. The van der Waals surface area contributed by atoms with Gasteiger partial charge in [0.15, 0.2) is 5.57 Å². The molecule has 0 spiro atoms. The quantitative estimate of drug-likeness (QED) is 0.297. The molecule has 0 bridgehead atoms. The molecule has 33 heavy (non-hydrogen) atoms. The van der Waals surface area contributed by atoms with E-state index in [0.717, 1.165) is 0 Å². The van der Waals surface area contributed by atoms with E-state index in [2.05, 4.69) is 0 Å². The van der Waals surface area contributed by atoms with E-state index in [1.807, 2.05) is 0 Å². The largest absolute Gasteiger partial charge is 0.430 e. The summed E-state index contributed by atoms with van der Waals surface area (Å²) >= 11 is 0. The van der Waals surface area contributed by atoms with Gasteiger partial charge in [-0.05, 0) is 0 Å². The van der Waals surface area contributed by atoms with Crippen LogP contribution in [0.4, 0.5) is 87.8 Å². The van der Waals surface area contributed by atoms with E-state index in [9.17, 15) is 87.8 Å². The molecule has 0 rings (SSSR count). The zero-order valence-electron chi connectivity index (χ0n) is 14.1. The Bertz CT molecular complexity index is 731. The molecule has 0 saturated carbocycles. The average Bonchev–Trinajstić information content (AvgIpc) is 2.37. The molecule has 0 heterocycles. The summed E-state index contributed by atoms with van der Waals surface area (Å²) in [6.07, 6.45) is -45.6. The fourth-order valence-corrected chi connectivity index (χ4v) is 2.03. The highest BCUT2D eigenvalue weighted by atomic mass is 19.4. The number of alkyl halides is 18. The van der Waals surface area contributed by atoms with Gasteiger partial charge in [-0.3, -0.25) is 0 Å². The average molecular weight is 542 g/mol. The minimum Gasteiger partial charge on any atom is -0.369 e. The molecule has 0 unspecified atom stereocenters. The lowest BCUT2D eigenvalue weighted by atomic mass is 9.85. The van der Waals surface area contributed by atoms with Gasteiger partial charge in [0.05, 0.1) is 5.57 Å². The van der Waals surface area contributed by atoms with Crippen LogP contribution in [0.3, 0.4) is 0 Å². The molecule has 21 heteroatoms. The highest BCUT2D eigenvalue weighted by Crippen LogP contribution is 2.56. The van der Waals surface area contributed by atoms with Gasteiger partial charge in [-0.2, -0.15) is 79.0 Å². The summed E-state index contributed by atoms with van der Waals surface area (Å²) in [5, 5.41) is 8.75. The zero-order valence-corrected chi connectivity index (χ0v) is 14.1. The second kappa shape index (κ2) is 8.36. The maximum absolute atomic E-state index is 13.9. The lowest BCUT2D eigenvalue weighted by Crippen LogP contribution is -2.59. The molecule has 0 aromatic carbocycles. The highest BCUT2D eigenvalue weighted by Gasteiger charge is 2.76. The molecule has 1 N–H and O–H groups in total. The summed E-state index contributed by atoms with van der Waals surface area (Å²) in [6, 6.07) is 0. The summed E-state index contributed by atoms with van der Waals surface area (Å²) < 4.78 is 255. The van der Waals surface area contributed by atoms with E-state index >= 15 is 0 Å². The number of hydrogen-bond donors (Lipinski definition) is 1. The van der Waals surface area contributed by atoms with Crippen molar-refractivity contribution in [2.45, 2.75) is 42.7 Å². The van der Waals surface area contributed by atoms with Crippen LogP contribution >= 0.6 is 0 Å². The molecule has 1 nitrogen and oxygen atoms in total. The third kappa shape index (κ3) is 6.14. The molecule has 0 fully saturated rings. The van der Waals surface area contributed by atoms with Gasteiger partial charge in [-0.15, -0.1) is 0 Å². The van der Waals surface area contributed by atoms with E-state index in [0.29, 0.717) is 0 Å². The summed E-state index contributed by atoms with van der Waals surface area (Å²) in [5.74, 6) is -16.8. The number of allylic oxidation sites excluding steroid dienone is 2. The first kappa shape index (κ1) is 31.0. The van der Waals surface area contributed by atoms with E-state index in [-0.39, 0.29) is 0 Å². The maximum Gasteiger partial charge on any atom is 0.430 e. The van der Waals surface area contributed by atoms with Gasteiger partial charge in [-0.25, -0.2) is 8.78 Å². The molecule has 0 aliphatic carbocycles. The van der Waals surface area contributed by atoms with Crippen LogP contribution in [0.5, 0.6) is 0 Å². The second-order valence-corrected chi connectivity index (χ2v) is 5.63. The fraction of sp³-hybridized carbons (Fsp3) is 0.667. The summed E-state index contributed by atoms with van der Waals surface area (Å²) in [4.78, 5) is 0. The normalized spacial score (nSPS) is 16.2. The lowest BCUT2D eigenvalue weighted by Gasteiger charge is -2.36. The third-order valence-corrected chi connectivity index (χ3v) is 3.34. The van der Waals surface area contributed by atoms with Crippen LogP contribution in [-0.2, 0) is 0 Å². The van der Waals surface area contributed by atoms with Gasteiger partial charge < -0.3 is 5.11 Å². The molecule has 0 saturated heterocycles. The standard InChI is InChI=1S/C12H2F20O/c13-2(4(7(15,16)17)8(18,19)20)1(6(33,11(27,28)29)12(30,31)32)3(14)5(9(21,22)23)10(24,25)26/h4,33H/b2-1-. The third-order valence-electron chi connectivity index (χ3n) is 3.34. The molecular formula is C12H2F20O. The Hall–Kier alpha value is -1.96. The van der Waals surface area contributed by atoms with Crippen molar-refractivity contribution in [1.29, 1.82) is 0 Å². The Morgan fingerprint density at radius 1 is 0.515 bits per heavy atom. The molecule has 0 radical (unpaired) electrons. The monoisotopic (exact) mass is 542 g/mol. The van der Waals surface area contributed by atoms with Crippen molar-refractivity contribution in [3.63, 3.8) is 0 Å². The number of rotatable bonds is 3. The van der Waals surface area contributed by atoms with Gasteiger partial charge in [0.1, 0.15) is 11.7 Å². The summed E-state index contributed by atoms with van der Waals surface area (Å²) in [7, 11) is 0. The Balaban J connectivity index is 8.34. The van der Waals surface area contributed by atoms with Crippen molar-refractivity contribution >= 4 is 0 Å². The van der Waals surface area contributed by atoms with Crippen molar-refractivity contribution < 1.29 is 92.9 Å². The van der Waals surface area contributed by atoms with Crippen LogP contribution in [-0.4, -0.2) is 47.8 Å². The first-order valence-corrected chi connectivity index (χ1v) is 6.87. The van der Waals surface area contributed by atoms with E-state index in [4.69, 9.17) is 5.11 Å². The van der Waals surface area contributed by atoms with Crippen molar-refractivity contribution in [1.82, 2.24) is 0 Å². The second-order valence-electron chi connectivity index (χ2n) is 5.63. The van der Waals surface area contributed by atoms with Crippen molar-refractivity contribution in [2.75, 3.05) is 0 Å². The van der Waals surface area contributed by atoms with Crippen molar-refractivity contribution in [3.8, 4) is 0 Å². The van der Waals surface area contributed by atoms with E-state index in [1.165, 1.54) is 0 Å². The minimum atomic E-state index is -7.92. The molecular weight excluding hydrogens is 540 g/mol. The Morgan fingerprint density at radius 3 is 0.970 bits per heavy atom. The zero-order chi connectivity index (χ0) is 27.4. The predicted octanol–water partition coefficient (Wildman–Crippen LogP) is 7.15. The predicted molar refractivity (Wildman–Crippen MR) is 61.0 cm³/mol. The summed E-state index contributed by atoms with van der Waals surface area (Å²) in [6.45, 7) is 0. The molecule has 0 aromatic heterocycles. The SMILES string of the molecule is OC(/C(C(F)=C(C(F)(F)F)C(F)(F)F)=C(\F)C(C(F)(F)F)C(F)(F)F)(C(F)(F)F)C(F)(F)F. The molecule has 0 atom stereocenters. The molecule has 0 aromatic rings. The van der Waals surface area contributed by atoms with E-state index < -0.39 is 71.4 Å². The molecule has 196 valence electrons. The molecule has 0 amide bonds. The molecule has 0 aliphatic heterocycles. The topological polar surface area (TPSA) is 20.2 Å². The van der Waals surface area contributed by atoms with Gasteiger partial charge >= 0.3 is 37.1 Å².